The molecule has 0 aliphatic carbocycles. The fourth-order valence-electron chi connectivity index (χ4n) is 1.95. The van der Waals surface area contributed by atoms with E-state index in [9.17, 15) is 4.39 Å². The minimum atomic E-state index is -0.389. The van der Waals surface area contributed by atoms with Gasteiger partial charge in [0, 0.05) is 18.3 Å². The fourth-order valence-corrected chi connectivity index (χ4v) is 1.95. The lowest BCUT2D eigenvalue weighted by Crippen LogP contribution is -2.19. The summed E-state index contributed by atoms with van der Waals surface area (Å²) in [5.74, 6) is 0.821. The second kappa shape index (κ2) is 7.18. The van der Waals surface area contributed by atoms with E-state index in [0.29, 0.717) is 11.8 Å². The summed E-state index contributed by atoms with van der Waals surface area (Å²) in [6.07, 6.45) is 0. The molecule has 1 aromatic carbocycles. The Kier molecular flexibility index (Phi) is 5.28. The fraction of sp³-hybridized carbons (Fsp3) is 0.353. The number of hydrogen-bond donors (Lipinski definition) is 1. The van der Waals surface area contributed by atoms with Crippen molar-refractivity contribution in [3.63, 3.8) is 0 Å². The second-order valence-corrected chi connectivity index (χ2v) is 5.45. The van der Waals surface area contributed by atoms with E-state index in [1.165, 1.54) is 6.07 Å². The van der Waals surface area contributed by atoms with Crippen molar-refractivity contribution in [1.82, 2.24) is 10.3 Å². The van der Waals surface area contributed by atoms with E-state index in [0.717, 1.165) is 24.3 Å². The normalized spacial score (nSPS) is 10.9. The molecule has 3 nitrogen and oxygen atoms in total. The van der Waals surface area contributed by atoms with E-state index in [1.54, 1.807) is 24.3 Å². The quantitative estimate of drug-likeness (QED) is 0.870. The molecule has 0 atom stereocenters. The van der Waals surface area contributed by atoms with Crippen LogP contribution in [0.5, 0.6) is 11.6 Å². The van der Waals surface area contributed by atoms with Gasteiger partial charge in [-0.3, -0.25) is 0 Å². The van der Waals surface area contributed by atoms with Crippen LogP contribution < -0.4 is 10.1 Å². The van der Waals surface area contributed by atoms with Crippen LogP contribution in [0.25, 0.3) is 0 Å². The first-order valence-corrected chi connectivity index (χ1v) is 7.16. The highest BCUT2D eigenvalue weighted by molar-refractivity contribution is 5.31. The zero-order valence-electron chi connectivity index (χ0n) is 12.7. The maximum Gasteiger partial charge on any atom is 0.219 e. The summed E-state index contributed by atoms with van der Waals surface area (Å²) in [6, 6.07) is 10.0. The van der Waals surface area contributed by atoms with E-state index >= 15 is 0 Å². The molecule has 0 saturated carbocycles. The molecule has 0 fully saturated rings. The molecule has 2 rings (SSSR count). The van der Waals surface area contributed by atoms with Crippen LogP contribution in [-0.4, -0.2) is 11.5 Å². The predicted octanol–water partition coefficient (Wildman–Crippen LogP) is 4.07. The van der Waals surface area contributed by atoms with Crippen molar-refractivity contribution in [3.8, 4) is 11.6 Å². The van der Waals surface area contributed by atoms with Gasteiger partial charge in [0.1, 0.15) is 0 Å². The van der Waals surface area contributed by atoms with E-state index in [-0.39, 0.29) is 11.6 Å². The van der Waals surface area contributed by atoms with Gasteiger partial charge in [-0.1, -0.05) is 32.0 Å². The first-order chi connectivity index (χ1) is 10.1. The van der Waals surface area contributed by atoms with Gasteiger partial charge in [-0.05, 0) is 37.1 Å². The van der Waals surface area contributed by atoms with Gasteiger partial charge >= 0.3 is 0 Å². The first-order valence-electron chi connectivity index (χ1n) is 7.16. The minimum absolute atomic E-state index is 0.190. The van der Waals surface area contributed by atoms with Gasteiger partial charge in [0.15, 0.2) is 11.6 Å². The Bertz CT molecular complexity index is 599. The largest absolute Gasteiger partial charge is 0.436 e. The van der Waals surface area contributed by atoms with E-state index in [2.05, 4.69) is 24.1 Å². The molecule has 112 valence electrons. The number of pyridine rings is 1. The van der Waals surface area contributed by atoms with Crippen LogP contribution in [0.3, 0.4) is 0 Å². The number of rotatable bonds is 6. The topological polar surface area (TPSA) is 34.1 Å². The number of aromatic nitrogens is 1. The number of halogens is 1. The molecular weight excluding hydrogens is 267 g/mol. The molecule has 0 aliphatic heterocycles. The zero-order chi connectivity index (χ0) is 15.2. The van der Waals surface area contributed by atoms with Crippen LogP contribution in [0.1, 0.15) is 25.1 Å². The van der Waals surface area contributed by atoms with Crippen LogP contribution in [0.4, 0.5) is 4.39 Å². The van der Waals surface area contributed by atoms with E-state index in [1.807, 2.05) is 13.0 Å². The molecule has 1 heterocycles. The van der Waals surface area contributed by atoms with E-state index in [4.69, 9.17) is 4.74 Å². The summed E-state index contributed by atoms with van der Waals surface area (Å²) in [5.41, 5.74) is 2.01. The number of para-hydroxylation sites is 1. The van der Waals surface area contributed by atoms with E-state index < -0.39 is 0 Å². The average Bonchev–Trinajstić information content (AvgIpc) is 2.43. The third-order valence-electron chi connectivity index (χ3n) is 3.09. The Hall–Kier alpha value is -1.94. The summed E-state index contributed by atoms with van der Waals surface area (Å²) in [4.78, 5) is 4.38. The molecular formula is C17H21FN2O. The minimum Gasteiger partial charge on any atom is -0.436 e. The van der Waals surface area contributed by atoms with Gasteiger partial charge in [0.05, 0.1) is 0 Å². The predicted molar refractivity (Wildman–Crippen MR) is 82.0 cm³/mol. The van der Waals surface area contributed by atoms with Crippen molar-refractivity contribution in [1.29, 1.82) is 0 Å². The van der Waals surface area contributed by atoms with Gasteiger partial charge in [0.25, 0.3) is 0 Å². The molecule has 21 heavy (non-hydrogen) atoms. The molecule has 0 bridgehead atoms. The summed E-state index contributed by atoms with van der Waals surface area (Å²) < 4.78 is 19.0. The Morgan fingerprint density at radius 3 is 2.62 bits per heavy atom. The molecule has 0 aliphatic rings. The van der Waals surface area contributed by atoms with Crippen LogP contribution in [-0.2, 0) is 6.54 Å². The van der Waals surface area contributed by atoms with Crippen molar-refractivity contribution in [2.75, 3.05) is 6.54 Å². The number of nitrogens with zero attached hydrogens (tertiary/aromatic N) is 1. The summed E-state index contributed by atoms with van der Waals surface area (Å²) in [7, 11) is 0. The number of hydrogen-bond acceptors (Lipinski definition) is 3. The molecule has 0 unspecified atom stereocenters. The standard InChI is InChI=1S/C17H21FN2O/c1-12(2)10-19-11-14-8-9-17(20-13(14)3)21-16-7-5-4-6-15(16)18/h4-9,12,19H,10-11H2,1-3H3. The Labute approximate surface area is 125 Å². The molecule has 1 aromatic heterocycles. The number of ether oxygens (including phenoxy) is 1. The summed E-state index contributed by atoms with van der Waals surface area (Å²) >= 11 is 0. The third-order valence-corrected chi connectivity index (χ3v) is 3.09. The molecule has 0 saturated heterocycles. The van der Waals surface area contributed by atoms with Crippen LogP contribution in [0.2, 0.25) is 0 Å². The van der Waals surface area contributed by atoms with Gasteiger partial charge in [-0.2, -0.15) is 0 Å². The highest BCUT2D eigenvalue weighted by Crippen LogP contribution is 2.23. The van der Waals surface area contributed by atoms with Gasteiger partial charge in [-0.15, -0.1) is 0 Å². The Balaban J connectivity index is 2.03. The zero-order valence-corrected chi connectivity index (χ0v) is 12.7. The lowest BCUT2D eigenvalue weighted by atomic mass is 10.2. The first kappa shape index (κ1) is 15.4. The third kappa shape index (κ3) is 4.53. The van der Waals surface area contributed by atoms with Crippen molar-refractivity contribution in [2.24, 2.45) is 5.92 Å². The molecule has 2 aromatic rings. The Morgan fingerprint density at radius 1 is 1.19 bits per heavy atom. The monoisotopic (exact) mass is 288 g/mol. The highest BCUT2D eigenvalue weighted by Gasteiger charge is 2.07. The lowest BCUT2D eigenvalue weighted by molar-refractivity contribution is 0.426. The number of benzene rings is 1. The number of aryl methyl sites for hydroxylation is 1. The van der Waals surface area contributed by atoms with Gasteiger partial charge in [-0.25, -0.2) is 9.37 Å². The van der Waals surface area contributed by atoms with Crippen LogP contribution >= 0.6 is 0 Å². The molecule has 1 N–H and O–H groups in total. The SMILES string of the molecule is Cc1nc(Oc2ccccc2F)ccc1CNCC(C)C. The van der Waals surface area contributed by atoms with Crippen molar-refractivity contribution < 1.29 is 9.13 Å². The van der Waals surface area contributed by atoms with Gasteiger partial charge < -0.3 is 10.1 Å². The second-order valence-electron chi connectivity index (χ2n) is 5.45. The van der Waals surface area contributed by atoms with Crippen LogP contribution in [0, 0.1) is 18.7 Å². The summed E-state index contributed by atoms with van der Waals surface area (Å²) in [5, 5.41) is 3.38. The molecule has 4 heteroatoms. The molecule has 0 spiro atoms. The Morgan fingerprint density at radius 2 is 1.95 bits per heavy atom. The van der Waals surface area contributed by atoms with Crippen molar-refractivity contribution in [3.05, 3.63) is 53.5 Å². The van der Waals surface area contributed by atoms with Gasteiger partial charge in [0.2, 0.25) is 5.88 Å². The average molecular weight is 288 g/mol. The smallest absolute Gasteiger partial charge is 0.219 e. The lowest BCUT2D eigenvalue weighted by Gasteiger charge is -2.11. The van der Waals surface area contributed by atoms with Crippen molar-refractivity contribution in [2.45, 2.75) is 27.3 Å². The molecule has 0 amide bonds. The highest BCUT2D eigenvalue weighted by atomic mass is 19.1. The maximum atomic E-state index is 13.5. The summed E-state index contributed by atoms with van der Waals surface area (Å²) in [6.45, 7) is 8.01. The maximum absolute atomic E-state index is 13.5. The van der Waals surface area contributed by atoms with Crippen LogP contribution in [0.15, 0.2) is 36.4 Å². The number of nitrogens with one attached hydrogen (secondary N) is 1. The molecule has 0 radical (unpaired) electrons. The van der Waals surface area contributed by atoms with Crippen molar-refractivity contribution >= 4 is 0 Å².